The van der Waals surface area contributed by atoms with E-state index < -0.39 is 5.91 Å². The number of carbonyl (C=O) groups is 2. The van der Waals surface area contributed by atoms with Crippen LogP contribution in [0.1, 0.15) is 4.88 Å². The van der Waals surface area contributed by atoms with Crippen LogP contribution in [0.2, 0.25) is 5.02 Å². The number of thiophene rings is 1. The Bertz CT molecular complexity index is 1190. The first kappa shape index (κ1) is 21.0. The van der Waals surface area contributed by atoms with Crippen LogP contribution in [0.5, 0.6) is 5.75 Å². The molecule has 1 N–H and O–H groups in total. The zero-order chi connectivity index (χ0) is 22.1. The molecular formula is C23H20ClN3O3S. The van der Waals surface area contributed by atoms with Gasteiger partial charge in [-0.15, -0.1) is 11.3 Å². The van der Waals surface area contributed by atoms with Gasteiger partial charge in [0.25, 0.3) is 11.8 Å². The van der Waals surface area contributed by atoms with Crippen molar-refractivity contribution in [3.8, 4) is 5.75 Å². The van der Waals surface area contributed by atoms with Gasteiger partial charge < -0.3 is 15.0 Å². The number of rotatable bonds is 6. The van der Waals surface area contributed by atoms with Crippen molar-refractivity contribution < 1.29 is 14.3 Å². The molecule has 31 heavy (non-hydrogen) atoms. The Kier molecular flexibility index (Phi) is 5.71. The number of ether oxygens (including phenoxy) is 1. The monoisotopic (exact) mass is 453 g/mol. The van der Waals surface area contributed by atoms with E-state index in [1.54, 1.807) is 24.3 Å². The third-order valence-electron chi connectivity index (χ3n) is 4.88. The number of anilines is 3. The van der Waals surface area contributed by atoms with Crippen LogP contribution in [-0.2, 0) is 9.59 Å². The Labute approximate surface area is 189 Å². The Morgan fingerprint density at radius 2 is 1.84 bits per heavy atom. The number of nitrogens with one attached hydrogen (secondary N) is 1. The van der Waals surface area contributed by atoms with Gasteiger partial charge in [-0.05, 0) is 47.8 Å². The van der Waals surface area contributed by atoms with Crippen molar-refractivity contribution in [2.75, 3.05) is 36.3 Å². The van der Waals surface area contributed by atoms with Gasteiger partial charge in [-0.25, -0.2) is 4.90 Å². The minimum absolute atomic E-state index is 0.212. The van der Waals surface area contributed by atoms with E-state index in [9.17, 15) is 9.59 Å². The quantitative estimate of drug-likeness (QED) is 0.539. The van der Waals surface area contributed by atoms with E-state index in [0.29, 0.717) is 32.6 Å². The topological polar surface area (TPSA) is 61.9 Å². The fourth-order valence-corrected chi connectivity index (χ4v) is 4.35. The van der Waals surface area contributed by atoms with Crippen LogP contribution in [0.3, 0.4) is 0 Å². The number of halogens is 1. The van der Waals surface area contributed by atoms with Gasteiger partial charge in [0.05, 0.1) is 23.4 Å². The van der Waals surface area contributed by atoms with Crippen LogP contribution in [0, 0.1) is 0 Å². The molecule has 1 aliphatic rings. The van der Waals surface area contributed by atoms with Crippen LogP contribution in [-0.4, -0.2) is 33.0 Å². The van der Waals surface area contributed by atoms with Crippen LogP contribution in [0.25, 0.3) is 5.57 Å². The second-order valence-electron chi connectivity index (χ2n) is 7.06. The van der Waals surface area contributed by atoms with Crippen molar-refractivity contribution in [1.82, 2.24) is 0 Å². The fraction of sp³-hybridized carbons (Fsp3) is 0.130. The molecule has 0 spiro atoms. The third kappa shape index (κ3) is 3.89. The average molecular weight is 454 g/mol. The maximum atomic E-state index is 13.4. The summed E-state index contributed by atoms with van der Waals surface area (Å²) < 4.78 is 5.19. The molecule has 8 heteroatoms. The summed E-state index contributed by atoms with van der Waals surface area (Å²) in [6.45, 7) is 0. The van der Waals surface area contributed by atoms with Crippen molar-refractivity contribution in [3.63, 3.8) is 0 Å². The molecule has 3 aromatic rings. The minimum atomic E-state index is -0.420. The lowest BCUT2D eigenvalue weighted by atomic mass is 10.2. The highest BCUT2D eigenvalue weighted by Gasteiger charge is 2.40. The standard InChI is InChI=1S/C23H20ClN3O3S/c1-26(2)15-6-4-7-16(13-15)27-22(28)20(19-8-5-11-31-19)21(23(27)29)25-14-9-10-18(30-3)17(24)12-14/h4-13,25H,1-3H3. The number of nitrogens with zero attached hydrogens (tertiary/aromatic N) is 2. The second-order valence-corrected chi connectivity index (χ2v) is 8.42. The largest absolute Gasteiger partial charge is 0.495 e. The Morgan fingerprint density at radius 3 is 2.48 bits per heavy atom. The molecular weight excluding hydrogens is 434 g/mol. The van der Waals surface area contributed by atoms with Gasteiger partial charge in [0.2, 0.25) is 0 Å². The first-order chi connectivity index (χ1) is 14.9. The summed E-state index contributed by atoms with van der Waals surface area (Å²) in [7, 11) is 5.34. The smallest absolute Gasteiger partial charge is 0.282 e. The Morgan fingerprint density at radius 1 is 1.03 bits per heavy atom. The van der Waals surface area contributed by atoms with E-state index >= 15 is 0 Å². The van der Waals surface area contributed by atoms with E-state index in [2.05, 4.69) is 5.32 Å². The van der Waals surface area contributed by atoms with Gasteiger partial charge in [0, 0.05) is 30.3 Å². The summed E-state index contributed by atoms with van der Waals surface area (Å²) in [6, 6.07) is 16.1. The maximum absolute atomic E-state index is 13.4. The first-order valence-corrected chi connectivity index (χ1v) is 10.7. The highest BCUT2D eigenvalue weighted by Crippen LogP contribution is 2.37. The number of imide groups is 1. The molecule has 158 valence electrons. The summed E-state index contributed by atoms with van der Waals surface area (Å²) in [4.78, 5) is 30.7. The molecule has 0 fully saturated rings. The maximum Gasteiger partial charge on any atom is 0.282 e. The summed E-state index contributed by atoms with van der Waals surface area (Å²) in [5.74, 6) is -0.266. The van der Waals surface area contributed by atoms with E-state index in [4.69, 9.17) is 16.3 Å². The average Bonchev–Trinajstić information content (AvgIpc) is 3.35. The number of methoxy groups -OCH3 is 1. The molecule has 0 aliphatic carbocycles. The fourth-order valence-electron chi connectivity index (χ4n) is 3.33. The number of benzene rings is 2. The van der Waals surface area contributed by atoms with Gasteiger partial charge in [0.1, 0.15) is 11.4 Å². The summed E-state index contributed by atoms with van der Waals surface area (Å²) in [6.07, 6.45) is 0. The van der Waals surface area contributed by atoms with Gasteiger partial charge in [-0.2, -0.15) is 0 Å². The van der Waals surface area contributed by atoms with Crippen LogP contribution >= 0.6 is 22.9 Å². The van der Waals surface area contributed by atoms with Crippen molar-refractivity contribution in [2.45, 2.75) is 0 Å². The lowest BCUT2D eigenvalue weighted by Crippen LogP contribution is -2.32. The molecule has 0 atom stereocenters. The predicted octanol–water partition coefficient (Wildman–Crippen LogP) is 4.87. The highest BCUT2D eigenvalue weighted by atomic mass is 35.5. The van der Waals surface area contributed by atoms with Crippen LogP contribution < -0.4 is 19.9 Å². The molecule has 0 radical (unpaired) electrons. The molecule has 1 aliphatic heterocycles. The lowest BCUT2D eigenvalue weighted by molar-refractivity contribution is -0.120. The van der Waals surface area contributed by atoms with Crippen molar-refractivity contribution in [3.05, 3.63) is 75.6 Å². The lowest BCUT2D eigenvalue weighted by Gasteiger charge is -2.19. The van der Waals surface area contributed by atoms with E-state index in [0.717, 1.165) is 5.69 Å². The summed E-state index contributed by atoms with van der Waals surface area (Å²) >= 11 is 7.64. The Balaban J connectivity index is 1.77. The molecule has 0 unspecified atom stereocenters. The van der Waals surface area contributed by atoms with Crippen LogP contribution in [0.4, 0.5) is 17.1 Å². The predicted molar refractivity (Wildman–Crippen MR) is 126 cm³/mol. The van der Waals surface area contributed by atoms with Crippen LogP contribution in [0.15, 0.2) is 65.7 Å². The summed E-state index contributed by atoms with van der Waals surface area (Å²) in [5, 5.41) is 5.39. The molecule has 4 rings (SSSR count). The number of hydrogen-bond acceptors (Lipinski definition) is 6. The SMILES string of the molecule is COc1ccc(NC2=C(c3cccs3)C(=O)N(c3cccc(N(C)C)c3)C2=O)cc1Cl. The zero-order valence-electron chi connectivity index (χ0n) is 17.2. The van der Waals surface area contributed by atoms with Gasteiger partial charge in [0.15, 0.2) is 0 Å². The molecule has 2 aromatic carbocycles. The number of amides is 2. The molecule has 2 amide bonds. The molecule has 6 nitrogen and oxygen atoms in total. The second kappa shape index (κ2) is 8.45. The van der Waals surface area contributed by atoms with Gasteiger partial charge in [-0.1, -0.05) is 23.7 Å². The molecule has 1 aromatic heterocycles. The van der Waals surface area contributed by atoms with Gasteiger partial charge in [-0.3, -0.25) is 9.59 Å². The van der Waals surface area contributed by atoms with Crippen molar-refractivity contribution in [1.29, 1.82) is 0 Å². The number of carbonyl (C=O) groups excluding carboxylic acids is 2. The third-order valence-corrected chi connectivity index (χ3v) is 6.06. The first-order valence-electron chi connectivity index (χ1n) is 9.45. The number of hydrogen-bond donors (Lipinski definition) is 1. The van der Waals surface area contributed by atoms with E-state index in [-0.39, 0.29) is 11.6 Å². The minimum Gasteiger partial charge on any atom is -0.495 e. The van der Waals surface area contributed by atoms with E-state index in [1.165, 1.54) is 23.3 Å². The summed E-state index contributed by atoms with van der Waals surface area (Å²) in [5.41, 5.74) is 2.53. The van der Waals surface area contributed by atoms with Gasteiger partial charge >= 0.3 is 0 Å². The molecule has 0 saturated carbocycles. The van der Waals surface area contributed by atoms with Crippen molar-refractivity contribution in [2.24, 2.45) is 0 Å². The normalized spacial score (nSPS) is 13.7. The Hall–Kier alpha value is -3.29. The van der Waals surface area contributed by atoms with E-state index in [1.807, 2.05) is 54.7 Å². The van der Waals surface area contributed by atoms with Crippen molar-refractivity contribution >= 4 is 57.4 Å². The molecule has 0 saturated heterocycles. The highest BCUT2D eigenvalue weighted by molar-refractivity contribution is 7.11. The molecule has 0 bridgehead atoms. The zero-order valence-corrected chi connectivity index (χ0v) is 18.8. The molecule has 2 heterocycles.